The molecule has 1 saturated carbocycles. The minimum absolute atomic E-state index is 0.0987. The molecule has 0 aromatic carbocycles. The molecule has 0 saturated heterocycles. The number of hydrogen-bond donors (Lipinski definition) is 3. The fourth-order valence-corrected chi connectivity index (χ4v) is 2.75. The quantitative estimate of drug-likeness (QED) is 0.548. The van der Waals surface area contributed by atoms with Crippen molar-refractivity contribution in [1.82, 2.24) is 9.44 Å². The molecule has 0 aliphatic heterocycles. The van der Waals surface area contributed by atoms with Gasteiger partial charge in [-0.25, -0.2) is 4.72 Å². The minimum Gasteiger partial charge on any atom is -0.377 e. The topological polar surface area (TPSA) is 93.5 Å². The van der Waals surface area contributed by atoms with Gasteiger partial charge in [-0.2, -0.15) is 13.1 Å². The van der Waals surface area contributed by atoms with E-state index in [2.05, 4.69) is 9.44 Å². The summed E-state index contributed by atoms with van der Waals surface area (Å²) in [6, 6.07) is -0.469. The van der Waals surface area contributed by atoms with E-state index in [4.69, 9.17) is 10.5 Å². The normalized spacial score (nSPS) is 31.3. The van der Waals surface area contributed by atoms with Crippen LogP contribution in [0.15, 0.2) is 0 Å². The highest BCUT2D eigenvalue weighted by molar-refractivity contribution is 7.87. The van der Waals surface area contributed by atoms with Crippen LogP contribution in [-0.4, -0.2) is 39.8 Å². The highest BCUT2D eigenvalue weighted by atomic mass is 32.2. The lowest BCUT2D eigenvalue weighted by molar-refractivity contribution is -0.0249. The third kappa shape index (κ3) is 3.39. The third-order valence-electron chi connectivity index (χ3n) is 2.37. The van der Waals surface area contributed by atoms with Crippen molar-refractivity contribution in [3.63, 3.8) is 0 Å². The first-order valence-electron chi connectivity index (χ1n) is 5.14. The Bertz CT molecular complexity index is 292. The van der Waals surface area contributed by atoms with E-state index in [1.165, 1.54) is 0 Å². The van der Waals surface area contributed by atoms with E-state index < -0.39 is 10.2 Å². The number of ether oxygens (including phenoxy) is 1. The Labute approximate surface area is 90.7 Å². The first kappa shape index (κ1) is 12.9. The Balaban J connectivity index is 2.49. The second-order valence-electron chi connectivity index (χ2n) is 3.54. The van der Waals surface area contributed by atoms with Gasteiger partial charge in [0, 0.05) is 19.2 Å². The van der Waals surface area contributed by atoms with Crippen molar-refractivity contribution in [2.45, 2.75) is 38.5 Å². The van der Waals surface area contributed by atoms with E-state index in [1.54, 1.807) is 6.92 Å². The highest BCUT2D eigenvalue weighted by Gasteiger charge is 2.41. The predicted octanol–water partition coefficient (Wildman–Crippen LogP) is -1.06. The summed E-state index contributed by atoms with van der Waals surface area (Å²) in [6.07, 6.45) is 0.603. The van der Waals surface area contributed by atoms with Crippen molar-refractivity contribution in [1.29, 1.82) is 0 Å². The fraction of sp³-hybridized carbons (Fsp3) is 1.00. The van der Waals surface area contributed by atoms with Crippen molar-refractivity contribution in [2.24, 2.45) is 5.73 Å². The van der Waals surface area contributed by atoms with Crippen molar-refractivity contribution in [3.8, 4) is 0 Å². The molecule has 1 rings (SSSR count). The molecule has 4 N–H and O–H groups in total. The van der Waals surface area contributed by atoms with Gasteiger partial charge in [0.15, 0.2) is 0 Å². The molecule has 0 heterocycles. The van der Waals surface area contributed by atoms with E-state index >= 15 is 0 Å². The van der Waals surface area contributed by atoms with Gasteiger partial charge in [0.1, 0.15) is 0 Å². The van der Waals surface area contributed by atoms with Gasteiger partial charge in [0.05, 0.1) is 12.1 Å². The van der Waals surface area contributed by atoms with E-state index in [9.17, 15) is 8.42 Å². The first-order valence-corrected chi connectivity index (χ1v) is 6.62. The second-order valence-corrected chi connectivity index (χ2v) is 5.07. The molecule has 0 spiro atoms. The zero-order valence-corrected chi connectivity index (χ0v) is 9.88. The van der Waals surface area contributed by atoms with Gasteiger partial charge in [-0.05, 0) is 13.3 Å². The summed E-state index contributed by atoms with van der Waals surface area (Å²) in [5.74, 6) is 0. The maximum atomic E-state index is 11.4. The molecule has 7 heteroatoms. The monoisotopic (exact) mass is 237 g/mol. The number of nitrogens with one attached hydrogen (secondary N) is 2. The van der Waals surface area contributed by atoms with E-state index in [1.807, 2.05) is 6.92 Å². The van der Waals surface area contributed by atoms with Gasteiger partial charge < -0.3 is 10.5 Å². The molecule has 0 radical (unpaired) electrons. The van der Waals surface area contributed by atoms with Crippen LogP contribution in [-0.2, 0) is 14.9 Å². The van der Waals surface area contributed by atoms with Gasteiger partial charge in [-0.3, -0.25) is 0 Å². The van der Waals surface area contributed by atoms with Crippen LogP contribution >= 0.6 is 0 Å². The summed E-state index contributed by atoms with van der Waals surface area (Å²) < 4.78 is 33.0. The van der Waals surface area contributed by atoms with Gasteiger partial charge in [0.2, 0.25) is 0 Å². The van der Waals surface area contributed by atoms with Crippen LogP contribution in [0.3, 0.4) is 0 Å². The van der Waals surface area contributed by atoms with Gasteiger partial charge in [0.25, 0.3) is 10.2 Å². The van der Waals surface area contributed by atoms with Crippen LogP contribution < -0.4 is 15.2 Å². The third-order valence-corrected chi connectivity index (χ3v) is 3.62. The highest BCUT2D eigenvalue weighted by Crippen LogP contribution is 2.22. The summed E-state index contributed by atoms with van der Waals surface area (Å²) in [7, 11) is -3.44. The first-order chi connectivity index (χ1) is 7.00. The SMILES string of the molecule is CCNS(=O)(=O)NC1C(N)CC1OCC. The molecule has 6 nitrogen and oxygen atoms in total. The molecule has 3 atom stereocenters. The lowest BCUT2D eigenvalue weighted by atomic mass is 9.84. The number of rotatable bonds is 6. The molecule has 1 fully saturated rings. The Morgan fingerprint density at radius 1 is 1.47 bits per heavy atom. The number of nitrogens with two attached hydrogens (primary N) is 1. The van der Waals surface area contributed by atoms with Crippen LogP contribution in [0.5, 0.6) is 0 Å². The van der Waals surface area contributed by atoms with E-state index in [-0.39, 0.29) is 18.2 Å². The smallest absolute Gasteiger partial charge is 0.277 e. The number of hydrogen-bond acceptors (Lipinski definition) is 4. The van der Waals surface area contributed by atoms with Gasteiger partial charge >= 0.3 is 0 Å². The summed E-state index contributed by atoms with van der Waals surface area (Å²) >= 11 is 0. The van der Waals surface area contributed by atoms with Crippen molar-refractivity contribution >= 4 is 10.2 Å². The predicted molar refractivity (Wildman–Crippen MR) is 57.5 cm³/mol. The summed E-state index contributed by atoms with van der Waals surface area (Å²) in [5, 5.41) is 0. The molecule has 3 unspecified atom stereocenters. The zero-order chi connectivity index (χ0) is 11.5. The van der Waals surface area contributed by atoms with Crippen LogP contribution in [0, 0.1) is 0 Å². The summed E-state index contributed by atoms with van der Waals surface area (Å²) in [6.45, 7) is 4.52. The molecule has 0 aromatic heterocycles. The zero-order valence-electron chi connectivity index (χ0n) is 9.06. The molecule has 90 valence electrons. The Kier molecular flexibility index (Phi) is 4.47. The minimum atomic E-state index is -3.44. The molecule has 1 aliphatic carbocycles. The lowest BCUT2D eigenvalue weighted by Crippen LogP contribution is -2.65. The molecule has 15 heavy (non-hydrogen) atoms. The molecule has 1 aliphatic rings. The molecule has 0 aromatic rings. The van der Waals surface area contributed by atoms with Crippen molar-refractivity contribution in [2.75, 3.05) is 13.2 Å². The largest absolute Gasteiger partial charge is 0.377 e. The molecular formula is C8H19N3O3S. The van der Waals surface area contributed by atoms with Crippen LogP contribution in [0.2, 0.25) is 0 Å². The molecule has 0 amide bonds. The van der Waals surface area contributed by atoms with Crippen LogP contribution in [0.4, 0.5) is 0 Å². The fourth-order valence-electron chi connectivity index (χ4n) is 1.60. The van der Waals surface area contributed by atoms with Gasteiger partial charge in [-0.1, -0.05) is 6.92 Å². The maximum absolute atomic E-state index is 11.4. The molecule has 0 bridgehead atoms. The average molecular weight is 237 g/mol. The molecular weight excluding hydrogens is 218 g/mol. The van der Waals surface area contributed by atoms with E-state index in [0.29, 0.717) is 19.6 Å². The summed E-state index contributed by atoms with van der Waals surface area (Å²) in [5.41, 5.74) is 5.71. The second kappa shape index (κ2) is 5.22. The van der Waals surface area contributed by atoms with Gasteiger partial charge in [-0.15, -0.1) is 0 Å². The van der Waals surface area contributed by atoms with Crippen LogP contribution in [0.1, 0.15) is 20.3 Å². The maximum Gasteiger partial charge on any atom is 0.277 e. The Morgan fingerprint density at radius 2 is 2.13 bits per heavy atom. The Morgan fingerprint density at radius 3 is 2.60 bits per heavy atom. The lowest BCUT2D eigenvalue weighted by Gasteiger charge is -2.41. The summed E-state index contributed by atoms with van der Waals surface area (Å²) in [4.78, 5) is 0. The van der Waals surface area contributed by atoms with Crippen LogP contribution in [0.25, 0.3) is 0 Å². The average Bonchev–Trinajstić information content (AvgIpc) is 2.15. The van der Waals surface area contributed by atoms with Crippen molar-refractivity contribution < 1.29 is 13.2 Å². The van der Waals surface area contributed by atoms with E-state index in [0.717, 1.165) is 0 Å². The van der Waals surface area contributed by atoms with Crippen molar-refractivity contribution in [3.05, 3.63) is 0 Å². The standard InChI is InChI=1S/C8H19N3O3S/c1-3-10-15(12,13)11-8-6(9)5-7(8)14-4-2/h6-8,10-11H,3-5,9H2,1-2H3. The Hall–Kier alpha value is -0.210.